The molecule has 2 fully saturated rings. The molecule has 1 aromatic rings. The molecule has 2 aliphatic heterocycles. The average molecular weight is 308 g/mol. The van der Waals surface area contributed by atoms with Gasteiger partial charge in [-0.3, -0.25) is 4.90 Å². The van der Waals surface area contributed by atoms with E-state index in [2.05, 4.69) is 22.8 Å². The van der Waals surface area contributed by atoms with Gasteiger partial charge in [0.2, 0.25) is 0 Å². The zero-order valence-corrected chi connectivity index (χ0v) is 14.1. The highest BCUT2D eigenvalue weighted by atomic mass is 32.1. The predicted molar refractivity (Wildman–Crippen MR) is 90.6 cm³/mol. The van der Waals surface area contributed by atoms with Gasteiger partial charge in [-0.05, 0) is 76.3 Å². The highest BCUT2D eigenvalue weighted by Gasteiger charge is 2.23. The third-order valence-electron chi connectivity index (χ3n) is 5.09. The molecular weight excluding hydrogens is 278 g/mol. The predicted octanol–water partition coefficient (Wildman–Crippen LogP) is 2.82. The first-order chi connectivity index (χ1) is 10.2. The summed E-state index contributed by atoms with van der Waals surface area (Å²) in [4.78, 5) is 8.09. The molecule has 0 saturated carbocycles. The summed E-state index contributed by atoms with van der Waals surface area (Å²) in [5, 5.41) is 0. The molecule has 0 amide bonds. The quantitative estimate of drug-likeness (QED) is 0.908. The van der Waals surface area contributed by atoms with E-state index in [4.69, 9.17) is 5.73 Å². The van der Waals surface area contributed by atoms with Gasteiger partial charge >= 0.3 is 0 Å². The SMILES string of the molecule is Cc1sc(CN)cc1CN1CCC(CN2CCCC2)CC1. The monoisotopic (exact) mass is 307 g/mol. The molecule has 2 saturated heterocycles. The largest absolute Gasteiger partial charge is 0.326 e. The molecule has 2 N–H and O–H groups in total. The lowest BCUT2D eigenvalue weighted by Gasteiger charge is -2.33. The smallest absolute Gasteiger partial charge is 0.0274 e. The van der Waals surface area contributed by atoms with Crippen molar-refractivity contribution in [3.8, 4) is 0 Å². The number of nitrogens with two attached hydrogens (primary N) is 1. The lowest BCUT2D eigenvalue weighted by Crippen LogP contribution is -2.37. The molecule has 0 radical (unpaired) electrons. The van der Waals surface area contributed by atoms with Crippen LogP contribution in [0.15, 0.2) is 6.07 Å². The second kappa shape index (κ2) is 7.23. The summed E-state index contributed by atoms with van der Waals surface area (Å²) >= 11 is 1.87. The van der Waals surface area contributed by atoms with E-state index in [-0.39, 0.29) is 0 Å². The van der Waals surface area contributed by atoms with E-state index in [0.717, 1.165) is 12.5 Å². The van der Waals surface area contributed by atoms with Crippen molar-refractivity contribution < 1.29 is 0 Å². The van der Waals surface area contributed by atoms with Crippen LogP contribution in [0.4, 0.5) is 0 Å². The van der Waals surface area contributed by atoms with Crippen LogP contribution >= 0.6 is 11.3 Å². The highest BCUT2D eigenvalue weighted by molar-refractivity contribution is 7.12. The number of thiophene rings is 1. The van der Waals surface area contributed by atoms with Crippen LogP contribution in [0.5, 0.6) is 0 Å². The van der Waals surface area contributed by atoms with Crippen LogP contribution in [0, 0.1) is 12.8 Å². The summed E-state index contributed by atoms with van der Waals surface area (Å²) in [5.41, 5.74) is 7.25. The van der Waals surface area contributed by atoms with Gasteiger partial charge in [-0.15, -0.1) is 11.3 Å². The Balaban J connectivity index is 1.45. The standard InChI is InChI=1S/C17H29N3S/c1-14-16(10-17(11-18)21-14)13-20-8-4-15(5-9-20)12-19-6-2-3-7-19/h10,15H,2-9,11-13,18H2,1H3. The third-order valence-corrected chi connectivity index (χ3v) is 6.20. The number of aryl methyl sites for hydroxylation is 1. The Morgan fingerprint density at radius 1 is 1.14 bits per heavy atom. The third kappa shape index (κ3) is 4.07. The number of likely N-dealkylation sites (tertiary alicyclic amines) is 2. The molecule has 0 atom stereocenters. The first-order valence-corrected chi connectivity index (χ1v) is 9.29. The summed E-state index contributed by atoms with van der Waals surface area (Å²) in [7, 11) is 0. The van der Waals surface area contributed by atoms with E-state index in [0.29, 0.717) is 6.54 Å². The number of piperidine rings is 1. The Kier molecular flexibility index (Phi) is 5.33. The molecule has 2 aliphatic rings. The van der Waals surface area contributed by atoms with Crippen LogP contribution in [0.3, 0.4) is 0 Å². The zero-order chi connectivity index (χ0) is 14.7. The maximum absolute atomic E-state index is 5.75. The van der Waals surface area contributed by atoms with Gasteiger partial charge in [0.15, 0.2) is 0 Å². The molecule has 3 heterocycles. The molecule has 0 unspecified atom stereocenters. The van der Waals surface area contributed by atoms with Gasteiger partial charge in [-0.2, -0.15) is 0 Å². The molecule has 3 rings (SSSR count). The van der Waals surface area contributed by atoms with Crippen LogP contribution in [-0.2, 0) is 13.1 Å². The second-order valence-corrected chi connectivity index (χ2v) is 8.07. The molecule has 0 aliphatic carbocycles. The van der Waals surface area contributed by atoms with Gasteiger partial charge in [0.1, 0.15) is 0 Å². The normalized spacial score (nSPS) is 22.2. The van der Waals surface area contributed by atoms with Crippen molar-refractivity contribution in [1.29, 1.82) is 0 Å². The Hall–Kier alpha value is -0.420. The fourth-order valence-electron chi connectivity index (χ4n) is 3.74. The topological polar surface area (TPSA) is 32.5 Å². The average Bonchev–Trinajstić information content (AvgIpc) is 3.11. The van der Waals surface area contributed by atoms with Crippen molar-refractivity contribution in [2.75, 3.05) is 32.7 Å². The Bertz CT molecular complexity index is 443. The first kappa shape index (κ1) is 15.5. The minimum Gasteiger partial charge on any atom is -0.326 e. The number of hydrogen-bond donors (Lipinski definition) is 1. The van der Waals surface area contributed by atoms with Crippen LogP contribution in [-0.4, -0.2) is 42.5 Å². The maximum Gasteiger partial charge on any atom is 0.0274 e. The molecule has 3 nitrogen and oxygen atoms in total. The lowest BCUT2D eigenvalue weighted by atomic mass is 9.96. The highest BCUT2D eigenvalue weighted by Crippen LogP contribution is 2.26. The van der Waals surface area contributed by atoms with E-state index in [1.165, 1.54) is 73.7 Å². The summed E-state index contributed by atoms with van der Waals surface area (Å²) < 4.78 is 0. The van der Waals surface area contributed by atoms with Crippen LogP contribution in [0.25, 0.3) is 0 Å². The van der Waals surface area contributed by atoms with Crippen LogP contribution < -0.4 is 5.73 Å². The van der Waals surface area contributed by atoms with Gasteiger partial charge in [-0.1, -0.05) is 0 Å². The summed E-state index contributed by atoms with van der Waals surface area (Å²) in [5.74, 6) is 0.933. The molecule has 4 heteroatoms. The Labute approximate surface area is 133 Å². The Morgan fingerprint density at radius 3 is 2.48 bits per heavy atom. The molecule has 0 spiro atoms. The van der Waals surface area contributed by atoms with Gasteiger partial charge in [-0.25, -0.2) is 0 Å². The molecule has 118 valence electrons. The maximum atomic E-state index is 5.75. The van der Waals surface area contributed by atoms with Gasteiger partial charge in [0, 0.05) is 29.4 Å². The number of hydrogen-bond acceptors (Lipinski definition) is 4. The fraction of sp³-hybridized carbons (Fsp3) is 0.765. The second-order valence-electron chi connectivity index (χ2n) is 6.73. The van der Waals surface area contributed by atoms with Crippen molar-refractivity contribution >= 4 is 11.3 Å². The van der Waals surface area contributed by atoms with E-state index < -0.39 is 0 Å². The minimum absolute atomic E-state index is 0.684. The summed E-state index contributed by atoms with van der Waals surface area (Å²) in [6, 6.07) is 2.32. The van der Waals surface area contributed by atoms with Gasteiger partial charge < -0.3 is 10.6 Å². The molecule has 0 aromatic carbocycles. The van der Waals surface area contributed by atoms with Crippen LogP contribution in [0.2, 0.25) is 0 Å². The van der Waals surface area contributed by atoms with E-state index in [1.54, 1.807) is 0 Å². The zero-order valence-electron chi connectivity index (χ0n) is 13.3. The van der Waals surface area contributed by atoms with Crippen molar-refractivity contribution in [1.82, 2.24) is 9.80 Å². The van der Waals surface area contributed by atoms with E-state index in [1.807, 2.05) is 11.3 Å². The van der Waals surface area contributed by atoms with Gasteiger partial charge in [0.25, 0.3) is 0 Å². The Morgan fingerprint density at radius 2 is 1.86 bits per heavy atom. The summed E-state index contributed by atoms with van der Waals surface area (Å²) in [6.45, 7) is 10.6. The van der Waals surface area contributed by atoms with Crippen LogP contribution in [0.1, 0.15) is 41.0 Å². The van der Waals surface area contributed by atoms with Crippen molar-refractivity contribution in [3.63, 3.8) is 0 Å². The van der Waals surface area contributed by atoms with Crippen molar-refractivity contribution in [2.45, 2.75) is 45.7 Å². The van der Waals surface area contributed by atoms with E-state index in [9.17, 15) is 0 Å². The fourth-order valence-corrected chi connectivity index (χ4v) is 4.68. The van der Waals surface area contributed by atoms with E-state index >= 15 is 0 Å². The molecular formula is C17H29N3S. The minimum atomic E-state index is 0.684. The van der Waals surface area contributed by atoms with Gasteiger partial charge in [0.05, 0.1) is 0 Å². The summed E-state index contributed by atoms with van der Waals surface area (Å²) in [6.07, 6.45) is 5.59. The van der Waals surface area contributed by atoms with Crippen molar-refractivity contribution in [2.24, 2.45) is 11.7 Å². The van der Waals surface area contributed by atoms with Crippen molar-refractivity contribution in [3.05, 3.63) is 21.4 Å². The molecule has 21 heavy (non-hydrogen) atoms. The first-order valence-electron chi connectivity index (χ1n) is 8.47. The molecule has 1 aromatic heterocycles. The lowest BCUT2D eigenvalue weighted by molar-refractivity contribution is 0.149. The number of rotatable bonds is 5. The molecule has 0 bridgehead atoms. The number of nitrogens with zero attached hydrogens (tertiary/aromatic N) is 2.